The maximum absolute atomic E-state index is 13.9. The van der Waals surface area contributed by atoms with Crippen LogP contribution in [-0.2, 0) is 10.0 Å². The van der Waals surface area contributed by atoms with Gasteiger partial charge in [0.05, 0.1) is 4.90 Å². The van der Waals surface area contributed by atoms with E-state index in [9.17, 15) is 8.42 Å². The summed E-state index contributed by atoms with van der Waals surface area (Å²) in [5.41, 5.74) is 0. The first-order valence-electron chi connectivity index (χ1n) is 12.0. The van der Waals surface area contributed by atoms with Gasteiger partial charge in [0.1, 0.15) is 12.4 Å². The summed E-state index contributed by atoms with van der Waals surface area (Å²) in [5, 5.41) is 5.37. The zero-order chi connectivity index (χ0) is 21.0. The molecule has 0 radical (unpaired) electrons. The quantitative estimate of drug-likeness (QED) is 0.758. The molecule has 6 heteroatoms. The predicted octanol–water partition coefficient (Wildman–Crippen LogP) is 4.17. The van der Waals surface area contributed by atoms with E-state index in [0.29, 0.717) is 35.8 Å². The molecule has 3 aliphatic heterocycles. The van der Waals surface area contributed by atoms with Crippen molar-refractivity contribution in [3.05, 3.63) is 36.4 Å². The monoisotopic (exact) mass is 440 g/mol. The Morgan fingerprint density at radius 3 is 2.55 bits per heavy atom. The lowest BCUT2D eigenvalue weighted by molar-refractivity contribution is 0.148. The molecule has 2 aromatic rings. The van der Waals surface area contributed by atoms with Gasteiger partial charge in [-0.2, -0.15) is 4.31 Å². The molecule has 31 heavy (non-hydrogen) atoms. The Bertz CT molecular complexity index is 1070. The van der Waals surface area contributed by atoms with Crippen molar-refractivity contribution in [1.29, 1.82) is 0 Å². The normalized spacial score (nSPS) is 33.1. The SMILES string of the molecule is O=S(=O)(c1cc(OCC2CCCN2)c2ccccc2c1)N1CC2CC3CC(C2)CC1C3. The Morgan fingerprint density at radius 1 is 1.00 bits per heavy atom. The molecule has 5 fully saturated rings. The van der Waals surface area contributed by atoms with Crippen molar-refractivity contribution in [2.75, 3.05) is 19.7 Å². The van der Waals surface area contributed by atoms with Crippen LogP contribution in [0.25, 0.3) is 10.8 Å². The highest BCUT2D eigenvalue weighted by Gasteiger charge is 2.46. The molecule has 5 nitrogen and oxygen atoms in total. The van der Waals surface area contributed by atoms with Crippen LogP contribution >= 0.6 is 0 Å². The fourth-order valence-electron chi connectivity index (χ4n) is 6.78. The van der Waals surface area contributed by atoms with Gasteiger partial charge in [0, 0.05) is 30.1 Å². The second-order valence-corrected chi connectivity index (χ2v) is 12.1. The van der Waals surface area contributed by atoms with E-state index in [2.05, 4.69) is 5.32 Å². The second-order valence-electron chi connectivity index (χ2n) is 10.3. The number of ether oxygens (including phenoxy) is 1. The molecule has 3 saturated heterocycles. The Balaban J connectivity index is 1.36. The van der Waals surface area contributed by atoms with Crippen LogP contribution in [-0.4, -0.2) is 44.5 Å². The molecule has 3 atom stereocenters. The minimum Gasteiger partial charge on any atom is -0.491 e. The van der Waals surface area contributed by atoms with Crippen LogP contribution in [0.3, 0.4) is 0 Å². The van der Waals surface area contributed by atoms with Crippen LogP contribution in [0.5, 0.6) is 5.75 Å². The highest BCUT2D eigenvalue weighted by Crippen LogP contribution is 2.49. The third-order valence-electron chi connectivity index (χ3n) is 8.06. The molecule has 2 saturated carbocycles. The van der Waals surface area contributed by atoms with Gasteiger partial charge in [0.25, 0.3) is 0 Å². The molecule has 3 heterocycles. The van der Waals surface area contributed by atoms with Crippen molar-refractivity contribution in [1.82, 2.24) is 9.62 Å². The highest BCUT2D eigenvalue weighted by molar-refractivity contribution is 7.89. The van der Waals surface area contributed by atoms with Crippen LogP contribution in [0.15, 0.2) is 41.3 Å². The molecule has 0 amide bonds. The number of sulfonamides is 1. The van der Waals surface area contributed by atoms with E-state index in [1.54, 1.807) is 6.07 Å². The van der Waals surface area contributed by atoms with Crippen LogP contribution < -0.4 is 10.1 Å². The molecule has 3 unspecified atom stereocenters. The van der Waals surface area contributed by atoms with Gasteiger partial charge < -0.3 is 10.1 Å². The van der Waals surface area contributed by atoms with E-state index in [0.717, 1.165) is 48.4 Å². The third-order valence-corrected chi connectivity index (χ3v) is 9.96. The van der Waals surface area contributed by atoms with E-state index in [-0.39, 0.29) is 6.04 Å². The molecule has 166 valence electrons. The summed E-state index contributed by atoms with van der Waals surface area (Å²) in [5.74, 6) is 2.65. The van der Waals surface area contributed by atoms with Gasteiger partial charge in [-0.3, -0.25) is 0 Å². The standard InChI is InChI=1S/C25H32N2O3S/c28-31(29,27-15-19-9-17-8-18(10-19)12-22(27)11-17)23-13-20-4-1-2-6-24(20)25(14-23)30-16-21-5-3-7-26-21/h1-2,4,6,13-14,17-19,21-22,26H,3,5,7-12,15-16H2. The van der Waals surface area contributed by atoms with E-state index in [4.69, 9.17) is 4.74 Å². The zero-order valence-electron chi connectivity index (χ0n) is 18.0. The first-order valence-corrected chi connectivity index (χ1v) is 13.4. The van der Waals surface area contributed by atoms with E-state index in [1.165, 1.54) is 25.7 Å². The lowest BCUT2D eigenvalue weighted by Gasteiger charge is -2.38. The molecule has 4 bridgehead atoms. The molecular formula is C25H32N2O3S. The van der Waals surface area contributed by atoms with Gasteiger partial charge in [-0.15, -0.1) is 0 Å². The summed E-state index contributed by atoms with van der Waals surface area (Å²) in [6, 6.07) is 12.1. The van der Waals surface area contributed by atoms with E-state index in [1.807, 2.05) is 34.6 Å². The van der Waals surface area contributed by atoms with Crippen molar-refractivity contribution in [2.45, 2.75) is 61.9 Å². The van der Waals surface area contributed by atoms with Crippen molar-refractivity contribution >= 4 is 20.8 Å². The average molecular weight is 441 g/mol. The van der Waals surface area contributed by atoms with Crippen LogP contribution in [0.2, 0.25) is 0 Å². The molecular weight excluding hydrogens is 408 g/mol. The van der Waals surface area contributed by atoms with Crippen molar-refractivity contribution in [2.24, 2.45) is 17.8 Å². The second kappa shape index (κ2) is 7.75. The van der Waals surface area contributed by atoms with Gasteiger partial charge >= 0.3 is 0 Å². The molecule has 0 aromatic heterocycles. The summed E-state index contributed by atoms with van der Waals surface area (Å²) in [4.78, 5) is 0.391. The minimum absolute atomic E-state index is 0.166. The van der Waals surface area contributed by atoms with Gasteiger partial charge in [-0.25, -0.2) is 8.42 Å². The maximum atomic E-state index is 13.9. The van der Waals surface area contributed by atoms with Gasteiger partial charge in [-0.1, -0.05) is 24.3 Å². The zero-order valence-corrected chi connectivity index (χ0v) is 18.8. The molecule has 0 spiro atoms. The van der Waals surface area contributed by atoms with Gasteiger partial charge in [0.15, 0.2) is 0 Å². The Labute approximate surface area is 185 Å². The average Bonchev–Trinajstić information content (AvgIpc) is 3.20. The lowest BCUT2D eigenvalue weighted by Crippen LogP contribution is -2.42. The topological polar surface area (TPSA) is 58.6 Å². The molecule has 1 N–H and O–H groups in total. The van der Waals surface area contributed by atoms with Crippen molar-refractivity contribution < 1.29 is 13.2 Å². The number of hydrogen-bond donors (Lipinski definition) is 1. The molecule has 2 aliphatic carbocycles. The van der Waals surface area contributed by atoms with E-state index < -0.39 is 10.0 Å². The molecule has 2 aromatic carbocycles. The van der Waals surface area contributed by atoms with E-state index >= 15 is 0 Å². The first-order chi connectivity index (χ1) is 15.1. The van der Waals surface area contributed by atoms with Crippen LogP contribution in [0.1, 0.15) is 44.9 Å². The fraction of sp³-hybridized carbons (Fsp3) is 0.600. The summed E-state index contributed by atoms with van der Waals surface area (Å²) in [7, 11) is -3.56. The summed E-state index contributed by atoms with van der Waals surface area (Å²) < 4.78 is 35.9. The summed E-state index contributed by atoms with van der Waals surface area (Å²) in [6.07, 6.45) is 8.08. The van der Waals surface area contributed by atoms with Crippen molar-refractivity contribution in [3.63, 3.8) is 0 Å². The third kappa shape index (κ3) is 3.66. The predicted molar refractivity (Wildman–Crippen MR) is 122 cm³/mol. The first kappa shape index (κ1) is 20.0. The van der Waals surface area contributed by atoms with Gasteiger partial charge in [-0.05, 0) is 80.7 Å². The number of benzene rings is 2. The maximum Gasteiger partial charge on any atom is 0.243 e. The number of nitrogens with one attached hydrogen (secondary N) is 1. The smallest absolute Gasteiger partial charge is 0.243 e. The van der Waals surface area contributed by atoms with Crippen molar-refractivity contribution in [3.8, 4) is 5.75 Å². The fourth-order valence-corrected chi connectivity index (χ4v) is 8.55. The molecule has 5 aliphatic rings. The summed E-state index contributed by atoms with van der Waals surface area (Å²) in [6.45, 7) is 2.29. The number of nitrogens with zero attached hydrogens (tertiary/aromatic N) is 1. The lowest BCUT2D eigenvalue weighted by atomic mass is 9.68. The highest BCUT2D eigenvalue weighted by atomic mass is 32.2. The number of fused-ring (bicyclic) bond motifs is 2. The minimum atomic E-state index is -3.56. The largest absolute Gasteiger partial charge is 0.491 e. The van der Waals surface area contributed by atoms with Crippen LogP contribution in [0, 0.1) is 17.8 Å². The van der Waals surface area contributed by atoms with Crippen LogP contribution in [0.4, 0.5) is 0 Å². The summed E-state index contributed by atoms with van der Waals surface area (Å²) >= 11 is 0. The Kier molecular flexibility index (Phi) is 5.00. The number of hydrogen-bond acceptors (Lipinski definition) is 4. The van der Waals surface area contributed by atoms with Gasteiger partial charge in [0.2, 0.25) is 10.0 Å². The Hall–Kier alpha value is -1.63. The number of rotatable bonds is 5. The Morgan fingerprint density at radius 2 is 1.77 bits per heavy atom. The molecule has 7 rings (SSSR count).